The quantitative estimate of drug-likeness (QED) is 0.308. The summed E-state index contributed by atoms with van der Waals surface area (Å²) in [5, 5.41) is 20.7. The summed E-state index contributed by atoms with van der Waals surface area (Å²) in [5.41, 5.74) is 5.83. The predicted octanol–water partition coefficient (Wildman–Crippen LogP) is 5.27. The van der Waals surface area contributed by atoms with E-state index < -0.39 is 12.7 Å². The van der Waals surface area contributed by atoms with Gasteiger partial charge in [-0.15, -0.1) is 5.10 Å². The molecule has 1 aromatic heterocycles. The third-order valence-electron chi connectivity index (χ3n) is 6.19. The Morgan fingerprint density at radius 1 is 1.19 bits per heavy atom. The summed E-state index contributed by atoms with van der Waals surface area (Å²) in [4.78, 5) is 16.9. The summed E-state index contributed by atoms with van der Waals surface area (Å²) in [6.45, 7) is 7.07. The topological polar surface area (TPSA) is 108 Å². The average molecular weight is 512 g/mol. The number of amides is 1. The van der Waals surface area contributed by atoms with Crippen molar-refractivity contribution in [1.29, 1.82) is 5.41 Å². The maximum atomic E-state index is 12.4. The van der Waals surface area contributed by atoms with Gasteiger partial charge in [0, 0.05) is 41.3 Å². The molecule has 0 bridgehead atoms. The molecule has 1 amide bonds. The summed E-state index contributed by atoms with van der Waals surface area (Å²) in [6.07, 6.45) is -2.15. The molecule has 1 aliphatic rings. The summed E-state index contributed by atoms with van der Waals surface area (Å²) in [7, 11) is 0. The van der Waals surface area contributed by atoms with Crippen LogP contribution < -0.4 is 16.0 Å². The maximum Gasteiger partial charge on any atom is 0.405 e. The number of halogens is 3. The van der Waals surface area contributed by atoms with Gasteiger partial charge in [-0.25, -0.2) is 4.68 Å². The molecule has 2 aromatic carbocycles. The number of rotatable bonds is 8. The van der Waals surface area contributed by atoms with Crippen molar-refractivity contribution in [1.82, 2.24) is 25.4 Å². The number of hydrogen-bond acceptors (Lipinski definition) is 6. The van der Waals surface area contributed by atoms with Crippen LogP contribution in [0.25, 0.3) is 17.0 Å². The highest BCUT2D eigenvalue weighted by Gasteiger charge is 2.27. The SMILES string of the molecule is CCn1nc(-c2ccc(/C(C=N)=C/NCC(F)(F)F)cc2C)nc1Nc1cc2c(cc1C)C(=O)NC2C. The highest BCUT2D eigenvalue weighted by atomic mass is 19.4. The summed E-state index contributed by atoms with van der Waals surface area (Å²) in [6, 6.07) is 9.06. The number of alkyl halides is 3. The minimum atomic E-state index is -4.34. The van der Waals surface area contributed by atoms with Gasteiger partial charge in [0.05, 0.1) is 6.04 Å². The molecule has 0 spiro atoms. The van der Waals surface area contributed by atoms with Gasteiger partial charge < -0.3 is 21.4 Å². The number of anilines is 2. The molecule has 8 nitrogen and oxygen atoms in total. The van der Waals surface area contributed by atoms with E-state index in [0.717, 1.165) is 34.2 Å². The molecule has 4 N–H and O–H groups in total. The van der Waals surface area contributed by atoms with E-state index in [0.29, 0.717) is 35.0 Å². The minimum absolute atomic E-state index is 0.0759. The molecule has 3 aromatic rings. The number of carbonyl (C=O) groups excluding carboxylic acids is 1. The van der Waals surface area contributed by atoms with Crippen LogP contribution in [0.15, 0.2) is 36.5 Å². The first-order valence-electron chi connectivity index (χ1n) is 11.8. The second-order valence-corrected chi connectivity index (χ2v) is 8.92. The van der Waals surface area contributed by atoms with Crippen LogP contribution in [-0.2, 0) is 6.54 Å². The van der Waals surface area contributed by atoms with Crippen LogP contribution in [0, 0.1) is 19.3 Å². The zero-order valence-corrected chi connectivity index (χ0v) is 20.9. The van der Waals surface area contributed by atoms with Gasteiger partial charge in [-0.1, -0.05) is 18.2 Å². The number of aryl methyl sites for hydroxylation is 3. The first kappa shape index (κ1) is 25.9. The fourth-order valence-electron chi connectivity index (χ4n) is 4.24. The third-order valence-corrected chi connectivity index (χ3v) is 6.19. The van der Waals surface area contributed by atoms with Crippen molar-refractivity contribution in [3.8, 4) is 11.4 Å². The van der Waals surface area contributed by atoms with E-state index >= 15 is 0 Å². The second kappa shape index (κ2) is 10.1. The first-order chi connectivity index (χ1) is 17.5. The van der Waals surface area contributed by atoms with E-state index in [4.69, 9.17) is 10.4 Å². The van der Waals surface area contributed by atoms with Gasteiger partial charge in [0.1, 0.15) is 6.54 Å². The van der Waals surface area contributed by atoms with Gasteiger partial charge in [0.25, 0.3) is 5.91 Å². The number of hydrogen-bond donors (Lipinski definition) is 4. The molecular weight excluding hydrogens is 483 g/mol. The molecule has 1 unspecified atom stereocenters. The van der Waals surface area contributed by atoms with E-state index in [1.54, 1.807) is 22.9 Å². The molecule has 1 aliphatic heterocycles. The lowest BCUT2D eigenvalue weighted by molar-refractivity contribution is -0.122. The lowest BCUT2D eigenvalue weighted by Gasteiger charge is -2.12. The van der Waals surface area contributed by atoms with Crippen LogP contribution in [-0.4, -0.2) is 39.6 Å². The molecule has 37 heavy (non-hydrogen) atoms. The van der Waals surface area contributed by atoms with Gasteiger partial charge in [-0.05, 0) is 62.1 Å². The lowest BCUT2D eigenvalue weighted by atomic mass is 10.0. The molecule has 0 aliphatic carbocycles. The van der Waals surface area contributed by atoms with E-state index in [-0.39, 0.29) is 11.9 Å². The standard InChI is InChI=1S/C26H28F3N7O/c1-5-36-25(33-22-10-20-16(4)32-24(37)21(20)9-15(22)3)34-23(35-36)19-7-6-17(8-14(19)2)18(11-30)12-31-13-26(27,28)29/h6-12,16,30-31H,5,13H2,1-4H3,(H,32,37)(H,33,34,35)/b18-12+,30-11?. The predicted molar refractivity (Wildman–Crippen MR) is 137 cm³/mol. The molecule has 0 radical (unpaired) electrons. The molecule has 11 heteroatoms. The van der Waals surface area contributed by atoms with Crippen LogP contribution in [0.4, 0.5) is 24.8 Å². The van der Waals surface area contributed by atoms with Gasteiger partial charge in [0.2, 0.25) is 5.95 Å². The number of allylic oxidation sites excluding steroid dienone is 1. The Bertz CT molecular complexity index is 1390. The third kappa shape index (κ3) is 5.50. The zero-order valence-electron chi connectivity index (χ0n) is 20.9. The first-order valence-corrected chi connectivity index (χ1v) is 11.8. The van der Waals surface area contributed by atoms with Crippen molar-refractivity contribution in [2.45, 2.75) is 46.5 Å². The van der Waals surface area contributed by atoms with Crippen molar-refractivity contribution in [2.75, 3.05) is 11.9 Å². The van der Waals surface area contributed by atoms with Crippen LogP contribution in [0.1, 0.15) is 52.5 Å². The van der Waals surface area contributed by atoms with Crippen molar-refractivity contribution in [2.24, 2.45) is 0 Å². The van der Waals surface area contributed by atoms with E-state index in [9.17, 15) is 18.0 Å². The van der Waals surface area contributed by atoms with E-state index in [2.05, 4.69) is 21.0 Å². The summed E-state index contributed by atoms with van der Waals surface area (Å²) < 4.78 is 39.1. The van der Waals surface area contributed by atoms with Gasteiger partial charge in [-0.3, -0.25) is 4.79 Å². The molecule has 0 fully saturated rings. The molecular formula is C26H28F3N7O. The minimum Gasteiger partial charge on any atom is -0.382 e. The largest absolute Gasteiger partial charge is 0.405 e. The molecule has 194 valence electrons. The molecule has 0 saturated heterocycles. The number of carbonyl (C=O) groups is 1. The van der Waals surface area contributed by atoms with Crippen LogP contribution >= 0.6 is 0 Å². The van der Waals surface area contributed by atoms with Crippen LogP contribution in [0.2, 0.25) is 0 Å². The normalized spacial score (nSPS) is 15.4. The van der Waals surface area contributed by atoms with Crippen molar-refractivity contribution in [3.05, 3.63) is 64.3 Å². The van der Waals surface area contributed by atoms with Gasteiger partial charge >= 0.3 is 6.18 Å². The highest BCUT2D eigenvalue weighted by molar-refractivity contribution is 6.08. The Labute approximate surface area is 212 Å². The maximum absolute atomic E-state index is 12.4. The smallest absolute Gasteiger partial charge is 0.382 e. The van der Waals surface area contributed by atoms with Crippen molar-refractivity contribution < 1.29 is 18.0 Å². The van der Waals surface area contributed by atoms with E-state index in [1.807, 2.05) is 39.8 Å². The second-order valence-electron chi connectivity index (χ2n) is 8.92. The Kier molecular flexibility index (Phi) is 7.06. The summed E-state index contributed by atoms with van der Waals surface area (Å²) >= 11 is 0. The Balaban J connectivity index is 1.61. The molecule has 2 heterocycles. The fraction of sp³-hybridized carbons (Fsp3) is 0.308. The molecule has 1 atom stereocenters. The van der Waals surface area contributed by atoms with Crippen molar-refractivity contribution >= 4 is 29.3 Å². The number of benzene rings is 2. The van der Waals surface area contributed by atoms with Gasteiger partial charge in [0.15, 0.2) is 5.82 Å². The average Bonchev–Trinajstić information content (AvgIpc) is 3.36. The fourth-order valence-corrected chi connectivity index (χ4v) is 4.24. The number of nitrogens with zero attached hydrogens (tertiary/aromatic N) is 3. The van der Waals surface area contributed by atoms with Crippen LogP contribution in [0.5, 0.6) is 0 Å². The number of fused-ring (bicyclic) bond motifs is 1. The Morgan fingerprint density at radius 2 is 1.95 bits per heavy atom. The lowest BCUT2D eigenvalue weighted by Crippen LogP contribution is -2.25. The highest BCUT2D eigenvalue weighted by Crippen LogP contribution is 2.32. The monoisotopic (exact) mass is 511 g/mol. The molecule has 4 rings (SSSR count). The van der Waals surface area contributed by atoms with Crippen LogP contribution in [0.3, 0.4) is 0 Å². The zero-order chi connectivity index (χ0) is 26.9. The van der Waals surface area contributed by atoms with Gasteiger partial charge in [-0.2, -0.15) is 18.2 Å². The number of nitrogens with one attached hydrogen (secondary N) is 4. The van der Waals surface area contributed by atoms with Crippen molar-refractivity contribution in [3.63, 3.8) is 0 Å². The molecule has 0 saturated carbocycles. The Hall–Kier alpha value is -4.15. The van der Waals surface area contributed by atoms with E-state index in [1.165, 1.54) is 6.20 Å². The number of aromatic nitrogens is 3. The summed E-state index contributed by atoms with van der Waals surface area (Å²) in [5.74, 6) is 0.964. The Morgan fingerprint density at radius 3 is 2.59 bits per heavy atom.